The van der Waals surface area contributed by atoms with E-state index < -0.39 is 6.09 Å². The van der Waals surface area contributed by atoms with Gasteiger partial charge in [0.25, 0.3) is 0 Å². The Balaban J connectivity index is 0.000000267. The van der Waals surface area contributed by atoms with Crippen LogP contribution in [0.15, 0.2) is 164 Å². The first-order chi connectivity index (χ1) is 38.3. The summed E-state index contributed by atoms with van der Waals surface area (Å²) >= 11 is 0. The minimum atomic E-state index is -0.395. The summed E-state index contributed by atoms with van der Waals surface area (Å²) in [5, 5.41) is 22.8. The van der Waals surface area contributed by atoms with Gasteiger partial charge in [0.1, 0.15) is 12.2 Å². The number of methoxy groups -OCH3 is 1. The van der Waals surface area contributed by atoms with Gasteiger partial charge in [-0.25, -0.2) is 19.2 Å². The largest absolute Gasteiger partial charge is 0.446 e. The smallest absolute Gasteiger partial charge is 0.411 e. The molecule has 6 aromatic carbocycles. The van der Waals surface area contributed by atoms with Crippen molar-refractivity contribution in [3.63, 3.8) is 0 Å². The molecule has 8 N–H and O–H groups in total. The maximum absolute atomic E-state index is 12.1. The van der Waals surface area contributed by atoms with Crippen molar-refractivity contribution in [3.8, 4) is 0 Å². The number of carbonyl (C=O) groups excluding carboxylic acids is 4. The molecule has 15 nitrogen and oxygen atoms in total. The lowest BCUT2D eigenvalue weighted by Crippen LogP contribution is -2.42. The summed E-state index contributed by atoms with van der Waals surface area (Å²) in [6.45, 7) is 24.2. The van der Waals surface area contributed by atoms with Gasteiger partial charge in [-0.2, -0.15) is 0 Å². The Kier molecular flexibility index (Phi) is 30.3. The highest BCUT2D eigenvalue weighted by atomic mass is 16.6. The third-order valence-corrected chi connectivity index (χ3v) is 12.3. The molecule has 7 rings (SSSR count). The van der Waals surface area contributed by atoms with Crippen LogP contribution in [-0.4, -0.2) is 69.3 Å². The molecule has 1 aliphatic carbocycles. The first-order valence-corrected chi connectivity index (χ1v) is 27.4. The molecule has 1 fully saturated rings. The minimum Gasteiger partial charge on any atom is -0.446 e. The lowest BCUT2D eigenvalue weighted by Gasteiger charge is -2.18. The molecule has 0 bridgehead atoms. The third-order valence-electron chi connectivity index (χ3n) is 12.3. The fourth-order valence-electron chi connectivity index (χ4n) is 6.91. The Morgan fingerprint density at radius 3 is 1.25 bits per heavy atom. The lowest BCUT2D eigenvalue weighted by atomic mass is 10.1. The predicted molar refractivity (Wildman–Crippen MR) is 330 cm³/mol. The Hall–Kier alpha value is -8.30. The van der Waals surface area contributed by atoms with Gasteiger partial charge in [0, 0.05) is 48.6 Å². The summed E-state index contributed by atoms with van der Waals surface area (Å²) in [4.78, 5) is 46.4. The molecule has 4 unspecified atom stereocenters. The predicted octanol–water partition coefficient (Wildman–Crippen LogP) is 15.1. The number of benzene rings is 6. The normalized spacial score (nSPS) is 12.4. The van der Waals surface area contributed by atoms with Gasteiger partial charge in [0.15, 0.2) is 0 Å². The fraction of sp³-hybridized carbons (Fsp3) is 0.354. The quantitative estimate of drug-likeness (QED) is 0.0414. The molecule has 0 aromatic heterocycles. The van der Waals surface area contributed by atoms with Crippen LogP contribution in [0.2, 0.25) is 0 Å². The summed E-state index contributed by atoms with van der Waals surface area (Å²) in [6.07, 6.45) is 4.08. The van der Waals surface area contributed by atoms with Crippen LogP contribution < -0.4 is 42.5 Å². The molecule has 15 heteroatoms. The molecule has 80 heavy (non-hydrogen) atoms. The zero-order valence-electron chi connectivity index (χ0n) is 49.1. The van der Waals surface area contributed by atoms with E-state index in [1.54, 1.807) is 7.11 Å². The van der Waals surface area contributed by atoms with E-state index in [1.807, 2.05) is 209 Å². The topological polar surface area (TPSA) is 192 Å². The van der Waals surface area contributed by atoms with Crippen molar-refractivity contribution in [3.05, 3.63) is 197 Å². The fourth-order valence-corrected chi connectivity index (χ4v) is 6.91. The molecule has 0 aliphatic heterocycles. The van der Waals surface area contributed by atoms with Gasteiger partial charge in [-0.3, -0.25) is 10.6 Å². The van der Waals surface area contributed by atoms with E-state index in [0.29, 0.717) is 12.5 Å². The summed E-state index contributed by atoms with van der Waals surface area (Å²) in [6, 6.07) is 48.7. The number of ether oxygens (including phenoxy) is 3. The monoisotopic (exact) mass is 1090 g/mol. The van der Waals surface area contributed by atoms with Gasteiger partial charge >= 0.3 is 24.2 Å². The zero-order valence-corrected chi connectivity index (χ0v) is 49.1. The van der Waals surface area contributed by atoms with Gasteiger partial charge < -0.3 is 46.1 Å². The van der Waals surface area contributed by atoms with Crippen molar-refractivity contribution in [2.45, 2.75) is 126 Å². The first kappa shape index (κ1) is 66.0. The van der Waals surface area contributed by atoms with Gasteiger partial charge in [-0.15, -0.1) is 0 Å². The van der Waals surface area contributed by atoms with Crippen LogP contribution in [0.3, 0.4) is 0 Å². The van der Waals surface area contributed by atoms with E-state index in [0.717, 1.165) is 64.6 Å². The van der Waals surface area contributed by atoms with Crippen molar-refractivity contribution in [2.24, 2.45) is 5.92 Å². The standard InChI is InChI=1S/C18H22N2O2.C13H17NO2.C12H18N2O.C12H17NO2.C10H14N2/c1-14-8-10-16(11-9-14)19-18(21)20-17(13-22-2)12-15-6-4-3-5-7-15;1-9-3-7-12(8-4-9)14-13(15)16-10(2)11-5-6-11;1-4-10(3)13-12(15)14-11-7-5-9(2)6-8-11;1-4-10(3)15-12(14)13-11-7-5-9(2)6-8-11;1-8-4-6-10(7-5-8)12-9(2)11-3/h3-11,17H,12-13H2,1-2H3,(H2,19,20,21);3-4,7-8,10-11H,5-6H2,1-2H3,(H,14,15);5-8,10H,4H2,1-3H3,(H2,13,14,15);5-8,10H,4H2,1-3H3,(H,13,14);4-7,11-12H,2H2,1,3H3. The van der Waals surface area contributed by atoms with E-state index >= 15 is 0 Å². The van der Waals surface area contributed by atoms with E-state index in [9.17, 15) is 19.2 Å². The van der Waals surface area contributed by atoms with Crippen LogP contribution in [0.1, 0.15) is 93.7 Å². The maximum atomic E-state index is 12.1. The van der Waals surface area contributed by atoms with Gasteiger partial charge in [-0.1, -0.05) is 139 Å². The summed E-state index contributed by atoms with van der Waals surface area (Å²) in [7, 11) is 3.47. The van der Waals surface area contributed by atoms with Crippen LogP contribution in [0, 0.1) is 40.5 Å². The summed E-state index contributed by atoms with van der Waals surface area (Å²) in [5.74, 6) is 1.38. The molecule has 0 spiro atoms. The van der Waals surface area contributed by atoms with E-state index in [4.69, 9.17) is 14.2 Å². The first-order valence-electron chi connectivity index (χ1n) is 27.4. The molecule has 1 aliphatic rings. The Bertz CT molecular complexity index is 2650. The average Bonchev–Trinajstić information content (AvgIpc) is 4.30. The molecular weight excluding hydrogens is 1000 g/mol. The van der Waals surface area contributed by atoms with E-state index in [1.165, 1.54) is 35.1 Å². The number of rotatable bonds is 18. The number of hydrogen-bond donors (Lipinski definition) is 8. The Morgan fingerprint density at radius 1 is 0.512 bits per heavy atom. The van der Waals surface area contributed by atoms with Crippen molar-refractivity contribution < 1.29 is 33.4 Å². The lowest BCUT2D eigenvalue weighted by molar-refractivity contribution is 0.108. The highest BCUT2D eigenvalue weighted by Gasteiger charge is 2.30. The number of anilines is 5. The molecule has 6 amide bonds. The molecular formula is C65H88N8O7. The van der Waals surface area contributed by atoms with Crippen molar-refractivity contribution in [2.75, 3.05) is 47.3 Å². The summed E-state index contributed by atoms with van der Waals surface area (Å²) in [5.41, 5.74) is 11.3. The number of nitrogens with one attached hydrogen (secondary N) is 8. The van der Waals surface area contributed by atoms with E-state index in [2.05, 4.69) is 68.2 Å². The molecule has 1 saturated carbocycles. The molecule has 430 valence electrons. The molecule has 6 aromatic rings. The Labute approximate surface area is 476 Å². The van der Waals surface area contributed by atoms with Gasteiger partial charge in [-0.05, 0) is 160 Å². The minimum absolute atomic E-state index is 0.0328. The van der Waals surface area contributed by atoms with E-state index in [-0.39, 0.29) is 42.4 Å². The van der Waals surface area contributed by atoms with Crippen molar-refractivity contribution in [1.82, 2.24) is 16.0 Å². The highest BCUT2D eigenvalue weighted by molar-refractivity contribution is 5.90. The number of aryl methyl sites for hydroxylation is 5. The number of amides is 6. The number of hydrogen-bond acceptors (Lipinski definition) is 9. The molecule has 4 atom stereocenters. The second-order valence-corrected chi connectivity index (χ2v) is 19.9. The van der Waals surface area contributed by atoms with Crippen LogP contribution in [0.4, 0.5) is 47.6 Å². The second kappa shape index (κ2) is 36.7. The number of urea groups is 2. The zero-order chi connectivity index (χ0) is 58.8. The van der Waals surface area contributed by atoms with Crippen LogP contribution >= 0.6 is 0 Å². The molecule has 0 heterocycles. The Morgan fingerprint density at radius 2 is 0.887 bits per heavy atom. The SMILES string of the molecule is C=C(NC)Nc1ccc(C)cc1.CCC(C)NC(=O)Nc1ccc(C)cc1.CCC(C)OC(=O)Nc1ccc(C)cc1.COCC(Cc1ccccc1)NC(=O)Nc1ccc(C)cc1.Cc1ccc(NC(=O)OC(C)C2CC2)cc1. The summed E-state index contributed by atoms with van der Waals surface area (Å²) < 4.78 is 15.5. The second-order valence-electron chi connectivity index (χ2n) is 19.9. The van der Waals surface area contributed by atoms with Crippen molar-refractivity contribution >= 4 is 52.7 Å². The van der Waals surface area contributed by atoms with Gasteiger partial charge in [0.2, 0.25) is 0 Å². The maximum Gasteiger partial charge on any atom is 0.411 e. The highest BCUT2D eigenvalue weighted by Crippen LogP contribution is 2.34. The van der Waals surface area contributed by atoms with Crippen LogP contribution in [-0.2, 0) is 20.6 Å². The van der Waals surface area contributed by atoms with Gasteiger partial charge in [0.05, 0.1) is 18.5 Å². The van der Waals surface area contributed by atoms with Crippen molar-refractivity contribution in [1.29, 1.82) is 0 Å². The van der Waals surface area contributed by atoms with Crippen LogP contribution in [0.25, 0.3) is 0 Å². The van der Waals surface area contributed by atoms with Crippen LogP contribution in [0.5, 0.6) is 0 Å². The molecule has 0 radical (unpaired) electrons. The average molecular weight is 1090 g/mol. The third kappa shape index (κ3) is 29.4. The number of carbonyl (C=O) groups is 4. The molecule has 0 saturated heterocycles.